The second-order valence-electron chi connectivity index (χ2n) is 5.88. The van der Waals surface area contributed by atoms with E-state index in [0.717, 1.165) is 0 Å². The molecule has 2 aromatic carbocycles. The van der Waals surface area contributed by atoms with Gasteiger partial charge in [-0.25, -0.2) is 8.42 Å². The summed E-state index contributed by atoms with van der Waals surface area (Å²) in [5, 5.41) is 11.7. The number of nitrogens with zero attached hydrogens (tertiary/aromatic N) is 3. The zero-order chi connectivity index (χ0) is 20.1. The molecule has 1 heterocycles. The molecule has 28 heavy (non-hydrogen) atoms. The standard InChI is InChI=1S/C18H17ClN4O3S2/c1-23-16(12-28(25,26)15-8-3-2-4-9-15)21-22-18(23)27-11-17(24)20-14-7-5-6-13(19)10-14/h2-10H,11-12H2,1H3,(H,20,24). The number of anilines is 1. The van der Waals surface area contributed by atoms with Gasteiger partial charge in [0.2, 0.25) is 5.91 Å². The Hall–Kier alpha value is -2.36. The Labute approximate surface area is 172 Å². The van der Waals surface area contributed by atoms with Gasteiger partial charge in [0.25, 0.3) is 0 Å². The molecule has 1 aromatic heterocycles. The molecule has 0 aliphatic rings. The van der Waals surface area contributed by atoms with Crippen LogP contribution >= 0.6 is 23.4 Å². The summed E-state index contributed by atoms with van der Waals surface area (Å²) in [4.78, 5) is 12.3. The SMILES string of the molecule is Cn1c(CS(=O)(=O)c2ccccc2)nnc1SCC(=O)Nc1cccc(Cl)c1. The summed E-state index contributed by atoms with van der Waals surface area (Å²) in [6, 6.07) is 15.0. The van der Waals surface area contributed by atoms with E-state index in [-0.39, 0.29) is 22.3 Å². The second kappa shape index (κ2) is 8.76. The number of rotatable bonds is 7. The third-order valence-corrected chi connectivity index (χ3v) is 6.67. The van der Waals surface area contributed by atoms with E-state index in [1.807, 2.05) is 0 Å². The van der Waals surface area contributed by atoms with Gasteiger partial charge in [0.1, 0.15) is 11.6 Å². The summed E-state index contributed by atoms with van der Waals surface area (Å²) < 4.78 is 26.6. The first-order valence-corrected chi connectivity index (χ1v) is 11.2. The number of benzene rings is 2. The number of thioether (sulfide) groups is 1. The minimum absolute atomic E-state index is 0.101. The molecule has 0 aliphatic carbocycles. The van der Waals surface area contributed by atoms with Crippen LogP contribution in [0, 0.1) is 0 Å². The van der Waals surface area contributed by atoms with Gasteiger partial charge in [-0.3, -0.25) is 4.79 Å². The summed E-state index contributed by atoms with van der Waals surface area (Å²) in [6.07, 6.45) is 0. The summed E-state index contributed by atoms with van der Waals surface area (Å²) in [5.41, 5.74) is 0.603. The highest BCUT2D eigenvalue weighted by Gasteiger charge is 2.20. The molecule has 0 fully saturated rings. The van der Waals surface area contributed by atoms with E-state index >= 15 is 0 Å². The summed E-state index contributed by atoms with van der Waals surface area (Å²) in [6.45, 7) is 0. The van der Waals surface area contributed by atoms with E-state index in [1.54, 1.807) is 66.2 Å². The number of aromatic nitrogens is 3. The maximum Gasteiger partial charge on any atom is 0.234 e. The number of hydrogen-bond acceptors (Lipinski definition) is 6. The van der Waals surface area contributed by atoms with E-state index in [2.05, 4.69) is 15.5 Å². The van der Waals surface area contributed by atoms with Crippen LogP contribution in [0.4, 0.5) is 5.69 Å². The van der Waals surface area contributed by atoms with Crippen LogP contribution < -0.4 is 5.32 Å². The van der Waals surface area contributed by atoms with Crippen molar-refractivity contribution in [2.45, 2.75) is 15.8 Å². The highest BCUT2D eigenvalue weighted by Crippen LogP contribution is 2.20. The average Bonchev–Trinajstić information content (AvgIpc) is 3.00. The third-order valence-electron chi connectivity index (χ3n) is 3.79. The molecule has 0 aliphatic heterocycles. The fourth-order valence-corrected chi connectivity index (χ4v) is 4.62. The normalized spacial score (nSPS) is 11.4. The third kappa shape index (κ3) is 5.12. The van der Waals surface area contributed by atoms with Crippen LogP contribution in [0.5, 0.6) is 0 Å². The molecule has 146 valence electrons. The Morgan fingerprint density at radius 3 is 2.61 bits per heavy atom. The lowest BCUT2D eigenvalue weighted by atomic mass is 10.3. The number of nitrogens with one attached hydrogen (secondary N) is 1. The van der Waals surface area contributed by atoms with Gasteiger partial charge < -0.3 is 9.88 Å². The Morgan fingerprint density at radius 1 is 1.14 bits per heavy atom. The summed E-state index contributed by atoms with van der Waals surface area (Å²) >= 11 is 7.07. The quantitative estimate of drug-likeness (QED) is 0.571. The van der Waals surface area contributed by atoms with Crippen molar-refractivity contribution in [1.29, 1.82) is 0 Å². The van der Waals surface area contributed by atoms with Gasteiger partial charge in [-0.15, -0.1) is 10.2 Å². The van der Waals surface area contributed by atoms with Crippen LogP contribution in [0.1, 0.15) is 5.82 Å². The molecule has 1 amide bonds. The van der Waals surface area contributed by atoms with Gasteiger partial charge in [0.15, 0.2) is 15.0 Å². The highest BCUT2D eigenvalue weighted by atomic mass is 35.5. The van der Waals surface area contributed by atoms with Crippen LogP contribution in [-0.4, -0.2) is 34.8 Å². The van der Waals surface area contributed by atoms with Crippen LogP contribution in [0.3, 0.4) is 0 Å². The molecule has 0 saturated carbocycles. The maximum absolute atomic E-state index is 12.5. The lowest BCUT2D eigenvalue weighted by molar-refractivity contribution is -0.113. The van der Waals surface area contributed by atoms with Crippen molar-refractivity contribution in [1.82, 2.24) is 14.8 Å². The Balaban J connectivity index is 1.62. The lowest BCUT2D eigenvalue weighted by Crippen LogP contribution is -2.14. The van der Waals surface area contributed by atoms with Gasteiger partial charge in [-0.2, -0.15) is 0 Å². The molecular weight excluding hydrogens is 420 g/mol. The Kier molecular flexibility index (Phi) is 6.38. The number of hydrogen-bond donors (Lipinski definition) is 1. The maximum atomic E-state index is 12.5. The minimum Gasteiger partial charge on any atom is -0.325 e. The van der Waals surface area contributed by atoms with Crippen molar-refractivity contribution < 1.29 is 13.2 Å². The zero-order valence-electron chi connectivity index (χ0n) is 14.9. The molecular formula is C18H17ClN4O3S2. The molecule has 0 unspecified atom stereocenters. The number of halogens is 1. The molecule has 0 radical (unpaired) electrons. The molecule has 0 saturated heterocycles. The minimum atomic E-state index is -3.52. The first-order valence-electron chi connectivity index (χ1n) is 8.19. The van der Waals surface area contributed by atoms with Gasteiger partial charge >= 0.3 is 0 Å². The fourth-order valence-electron chi connectivity index (χ4n) is 2.37. The van der Waals surface area contributed by atoms with Crippen molar-refractivity contribution in [2.24, 2.45) is 7.05 Å². The molecule has 1 N–H and O–H groups in total. The number of amides is 1. The van der Waals surface area contributed by atoms with Crippen LogP contribution in [0.15, 0.2) is 64.6 Å². The largest absolute Gasteiger partial charge is 0.325 e. The van der Waals surface area contributed by atoms with E-state index in [0.29, 0.717) is 21.7 Å². The topological polar surface area (TPSA) is 93.9 Å². The fraction of sp³-hybridized carbons (Fsp3) is 0.167. The van der Waals surface area contributed by atoms with E-state index in [1.165, 1.54) is 11.8 Å². The number of carbonyl (C=O) groups is 1. The highest BCUT2D eigenvalue weighted by molar-refractivity contribution is 7.99. The lowest BCUT2D eigenvalue weighted by Gasteiger charge is -2.06. The van der Waals surface area contributed by atoms with Crippen molar-refractivity contribution in [2.75, 3.05) is 11.1 Å². The van der Waals surface area contributed by atoms with Crippen molar-refractivity contribution >= 4 is 44.8 Å². The summed E-state index contributed by atoms with van der Waals surface area (Å²) in [5.74, 6) is -0.0880. The number of carbonyl (C=O) groups excluding carboxylic acids is 1. The van der Waals surface area contributed by atoms with Gasteiger partial charge in [-0.05, 0) is 30.3 Å². The van der Waals surface area contributed by atoms with Crippen molar-refractivity contribution in [3.05, 3.63) is 65.4 Å². The molecule has 10 heteroatoms. The molecule has 0 spiro atoms. The van der Waals surface area contributed by atoms with Gasteiger partial charge in [-0.1, -0.05) is 47.6 Å². The van der Waals surface area contributed by atoms with E-state index in [4.69, 9.17) is 11.6 Å². The average molecular weight is 437 g/mol. The van der Waals surface area contributed by atoms with E-state index < -0.39 is 9.84 Å². The number of sulfone groups is 1. The van der Waals surface area contributed by atoms with Crippen LogP contribution in [0.25, 0.3) is 0 Å². The monoisotopic (exact) mass is 436 g/mol. The first kappa shape index (κ1) is 20.4. The molecule has 3 aromatic rings. The van der Waals surface area contributed by atoms with Crippen molar-refractivity contribution in [3.63, 3.8) is 0 Å². The van der Waals surface area contributed by atoms with Crippen molar-refractivity contribution in [3.8, 4) is 0 Å². The predicted molar refractivity (Wildman–Crippen MR) is 109 cm³/mol. The summed E-state index contributed by atoms with van der Waals surface area (Å²) in [7, 11) is -1.85. The van der Waals surface area contributed by atoms with E-state index in [9.17, 15) is 13.2 Å². The van der Waals surface area contributed by atoms with Crippen LogP contribution in [-0.2, 0) is 27.4 Å². The molecule has 0 bridgehead atoms. The molecule has 3 rings (SSSR count). The molecule has 0 atom stereocenters. The first-order chi connectivity index (χ1) is 13.3. The Bertz CT molecular complexity index is 1090. The second-order valence-corrected chi connectivity index (χ2v) is 9.25. The zero-order valence-corrected chi connectivity index (χ0v) is 17.3. The molecule has 7 nitrogen and oxygen atoms in total. The smallest absolute Gasteiger partial charge is 0.234 e. The van der Waals surface area contributed by atoms with Gasteiger partial charge in [0, 0.05) is 17.8 Å². The predicted octanol–water partition coefficient (Wildman–Crippen LogP) is 3.17. The van der Waals surface area contributed by atoms with Crippen LogP contribution in [0.2, 0.25) is 5.02 Å². The Morgan fingerprint density at radius 2 is 1.89 bits per heavy atom. The van der Waals surface area contributed by atoms with Gasteiger partial charge in [0.05, 0.1) is 10.6 Å².